The van der Waals surface area contributed by atoms with E-state index in [-0.39, 0.29) is 0 Å². The first-order valence-corrected chi connectivity index (χ1v) is 5.59. The lowest BCUT2D eigenvalue weighted by Crippen LogP contribution is -2.28. The Morgan fingerprint density at radius 2 is 2.00 bits per heavy atom. The van der Waals surface area contributed by atoms with E-state index >= 15 is 0 Å². The van der Waals surface area contributed by atoms with E-state index in [1.54, 1.807) is 20.5 Å². The fraction of sp³-hybridized carbons (Fsp3) is 0.667. The second-order valence-corrected chi connectivity index (χ2v) is 3.69. The summed E-state index contributed by atoms with van der Waals surface area (Å²) in [4.78, 5) is 2.31. The van der Waals surface area contributed by atoms with Gasteiger partial charge in [0.25, 0.3) is 0 Å². The Morgan fingerprint density at radius 1 is 1.19 bits per heavy atom. The van der Waals surface area contributed by atoms with Crippen LogP contribution in [0.4, 0.5) is 0 Å². The molecule has 0 N–H and O–H groups in total. The van der Waals surface area contributed by atoms with E-state index < -0.39 is 0 Å². The molecule has 0 atom stereocenters. The van der Waals surface area contributed by atoms with Crippen LogP contribution in [0.3, 0.4) is 0 Å². The molecule has 0 unspecified atom stereocenters. The van der Waals surface area contributed by atoms with Crippen LogP contribution in [0.1, 0.15) is 12.2 Å². The minimum atomic E-state index is 0.744. The second-order valence-electron chi connectivity index (χ2n) is 3.69. The van der Waals surface area contributed by atoms with Gasteiger partial charge in [-0.25, -0.2) is 0 Å². The highest BCUT2D eigenvalue weighted by Crippen LogP contribution is 2.05. The van der Waals surface area contributed by atoms with E-state index in [1.807, 2.05) is 12.1 Å². The maximum atomic E-state index is 5.34. The Bertz CT molecular complexity index is 249. The van der Waals surface area contributed by atoms with E-state index in [2.05, 4.69) is 4.90 Å². The largest absolute Gasteiger partial charge is 0.468 e. The first-order chi connectivity index (χ1) is 7.86. The van der Waals surface area contributed by atoms with Gasteiger partial charge in [0.15, 0.2) is 0 Å². The molecule has 1 aromatic heterocycles. The quantitative estimate of drug-likeness (QED) is 0.602. The van der Waals surface area contributed by atoms with Crippen molar-refractivity contribution in [2.75, 3.05) is 40.5 Å². The smallest absolute Gasteiger partial charge is 0.117 e. The summed E-state index contributed by atoms with van der Waals surface area (Å²) in [6.45, 7) is 4.29. The Labute approximate surface area is 97.1 Å². The summed E-state index contributed by atoms with van der Waals surface area (Å²) in [6, 6.07) is 3.91. The Balaban J connectivity index is 2.31. The van der Waals surface area contributed by atoms with Crippen molar-refractivity contribution in [1.82, 2.24) is 4.90 Å². The molecule has 4 heteroatoms. The van der Waals surface area contributed by atoms with Gasteiger partial charge in [-0.1, -0.05) is 0 Å². The standard InChI is InChI=1S/C12H21NO3/c1-14-8-4-6-13(7-10-15-2)11-12-5-3-9-16-12/h3,5,9H,4,6-8,10-11H2,1-2H3. The van der Waals surface area contributed by atoms with Crippen molar-refractivity contribution in [2.24, 2.45) is 0 Å². The average molecular weight is 227 g/mol. The number of rotatable bonds is 9. The summed E-state index contributed by atoms with van der Waals surface area (Å²) in [7, 11) is 3.45. The number of furan rings is 1. The highest BCUT2D eigenvalue weighted by molar-refractivity contribution is 4.97. The zero-order chi connectivity index (χ0) is 11.6. The van der Waals surface area contributed by atoms with Crippen molar-refractivity contribution >= 4 is 0 Å². The van der Waals surface area contributed by atoms with Gasteiger partial charge in [0, 0.05) is 33.9 Å². The molecule has 0 spiro atoms. The van der Waals surface area contributed by atoms with Crippen molar-refractivity contribution < 1.29 is 13.9 Å². The van der Waals surface area contributed by atoms with Crippen LogP contribution in [0.2, 0.25) is 0 Å². The molecule has 0 saturated carbocycles. The van der Waals surface area contributed by atoms with Gasteiger partial charge in [0.05, 0.1) is 19.4 Å². The number of hydrogen-bond donors (Lipinski definition) is 0. The van der Waals surface area contributed by atoms with Gasteiger partial charge in [-0.3, -0.25) is 4.90 Å². The second kappa shape index (κ2) is 8.33. The molecule has 92 valence electrons. The van der Waals surface area contributed by atoms with E-state index in [0.29, 0.717) is 0 Å². The summed E-state index contributed by atoms with van der Waals surface area (Å²) in [6.07, 6.45) is 2.74. The topological polar surface area (TPSA) is 34.8 Å². The number of hydrogen-bond acceptors (Lipinski definition) is 4. The van der Waals surface area contributed by atoms with Crippen molar-refractivity contribution in [2.45, 2.75) is 13.0 Å². The molecule has 0 amide bonds. The minimum Gasteiger partial charge on any atom is -0.468 e. The molecule has 16 heavy (non-hydrogen) atoms. The first-order valence-electron chi connectivity index (χ1n) is 5.59. The van der Waals surface area contributed by atoms with Crippen molar-refractivity contribution in [3.8, 4) is 0 Å². The molecule has 0 saturated heterocycles. The van der Waals surface area contributed by atoms with Crippen molar-refractivity contribution in [3.63, 3.8) is 0 Å². The first kappa shape index (κ1) is 13.2. The normalized spacial score (nSPS) is 11.2. The van der Waals surface area contributed by atoms with E-state index in [9.17, 15) is 0 Å². The van der Waals surface area contributed by atoms with Crippen LogP contribution < -0.4 is 0 Å². The molecule has 0 bridgehead atoms. The third-order valence-corrected chi connectivity index (χ3v) is 2.39. The molecule has 1 aromatic rings. The lowest BCUT2D eigenvalue weighted by Gasteiger charge is -2.20. The Morgan fingerprint density at radius 3 is 2.62 bits per heavy atom. The minimum absolute atomic E-state index is 0.744. The van der Waals surface area contributed by atoms with Gasteiger partial charge in [-0.05, 0) is 18.6 Å². The molecule has 4 nitrogen and oxygen atoms in total. The van der Waals surface area contributed by atoms with Gasteiger partial charge in [0.1, 0.15) is 5.76 Å². The molecule has 1 rings (SSSR count). The summed E-state index contributed by atoms with van der Waals surface area (Å²) >= 11 is 0. The van der Waals surface area contributed by atoms with Gasteiger partial charge in [-0.15, -0.1) is 0 Å². The lowest BCUT2D eigenvalue weighted by molar-refractivity contribution is 0.125. The molecule has 0 aromatic carbocycles. The highest BCUT2D eigenvalue weighted by atomic mass is 16.5. The van der Waals surface area contributed by atoms with Gasteiger partial charge < -0.3 is 13.9 Å². The van der Waals surface area contributed by atoms with Crippen LogP contribution in [0.5, 0.6) is 0 Å². The van der Waals surface area contributed by atoms with Gasteiger partial charge >= 0.3 is 0 Å². The molecular weight excluding hydrogens is 206 g/mol. The Kier molecular flexibility index (Phi) is 6.88. The van der Waals surface area contributed by atoms with Crippen LogP contribution in [0.15, 0.2) is 22.8 Å². The molecular formula is C12H21NO3. The average Bonchev–Trinajstić information content (AvgIpc) is 2.78. The molecule has 0 fully saturated rings. The maximum absolute atomic E-state index is 5.34. The molecule has 0 radical (unpaired) electrons. The predicted octanol–water partition coefficient (Wildman–Crippen LogP) is 1.76. The van der Waals surface area contributed by atoms with Crippen LogP contribution >= 0.6 is 0 Å². The van der Waals surface area contributed by atoms with Crippen LogP contribution in [0, 0.1) is 0 Å². The Hall–Kier alpha value is -0.840. The SMILES string of the molecule is COCCCN(CCOC)Cc1ccco1. The maximum Gasteiger partial charge on any atom is 0.117 e. The summed E-state index contributed by atoms with van der Waals surface area (Å²) in [5, 5.41) is 0. The van der Waals surface area contributed by atoms with E-state index in [1.165, 1.54) is 0 Å². The van der Waals surface area contributed by atoms with Crippen LogP contribution in [0.25, 0.3) is 0 Å². The summed E-state index contributed by atoms with van der Waals surface area (Å²) < 4.78 is 15.5. The van der Waals surface area contributed by atoms with Gasteiger partial charge in [0.2, 0.25) is 0 Å². The number of ether oxygens (including phenoxy) is 2. The zero-order valence-electron chi connectivity index (χ0n) is 10.1. The summed E-state index contributed by atoms with van der Waals surface area (Å²) in [5.74, 6) is 0.994. The highest BCUT2D eigenvalue weighted by Gasteiger charge is 2.07. The van der Waals surface area contributed by atoms with Crippen molar-refractivity contribution in [3.05, 3.63) is 24.2 Å². The lowest BCUT2D eigenvalue weighted by atomic mass is 10.3. The monoisotopic (exact) mass is 227 g/mol. The third-order valence-electron chi connectivity index (χ3n) is 2.39. The zero-order valence-corrected chi connectivity index (χ0v) is 10.1. The van der Waals surface area contributed by atoms with Gasteiger partial charge in [-0.2, -0.15) is 0 Å². The van der Waals surface area contributed by atoms with Crippen molar-refractivity contribution in [1.29, 1.82) is 0 Å². The number of methoxy groups -OCH3 is 2. The third kappa shape index (κ3) is 5.30. The fourth-order valence-corrected chi connectivity index (χ4v) is 1.55. The molecule has 1 heterocycles. The predicted molar refractivity (Wildman–Crippen MR) is 62.4 cm³/mol. The molecule has 0 aliphatic carbocycles. The molecule has 0 aliphatic heterocycles. The van der Waals surface area contributed by atoms with E-state index in [4.69, 9.17) is 13.9 Å². The summed E-state index contributed by atoms with van der Waals surface area (Å²) in [5.41, 5.74) is 0. The van der Waals surface area contributed by atoms with E-state index in [0.717, 1.165) is 45.0 Å². The molecule has 0 aliphatic rings. The fourth-order valence-electron chi connectivity index (χ4n) is 1.55. The van der Waals surface area contributed by atoms with Crippen LogP contribution in [-0.4, -0.2) is 45.4 Å². The van der Waals surface area contributed by atoms with Crippen LogP contribution in [-0.2, 0) is 16.0 Å². The number of nitrogens with zero attached hydrogens (tertiary/aromatic N) is 1.